The number of rotatable bonds is 2. The van der Waals surface area contributed by atoms with Crippen LogP contribution in [-0.4, -0.2) is 10.9 Å². The van der Waals surface area contributed by atoms with Crippen LogP contribution in [0.15, 0.2) is 41.1 Å². The Bertz CT molecular complexity index is 399. The van der Waals surface area contributed by atoms with Gasteiger partial charge in [-0.05, 0) is 24.1 Å². The third-order valence-corrected chi connectivity index (χ3v) is 1.76. The Kier molecular flexibility index (Phi) is 3.45. The summed E-state index contributed by atoms with van der Waals surface area (Å²) < 4.78 is 0. The van der Waals surface area contributed by atoms with Gasteiger partial charge in [0.2, 0.25) is 0 Å². The molecule has 0 unspecified atom stereocenters. The standard InChI is InChI=1S/C11H10N2O/c1-9(11(8-12)13-14)7-10-5-3-2-4-6-10/h2-7,14H,1H3/b9-7+,13-11-. The van der Waals surface area contributed by atoms with E-state index < -0.39 is 0 Å². The van der Waals surface area contributed by atoms with Crippen molar-refractivity contribution in [3.8, 4) is 6.07 Å². The summed E-state index contributed by atoms with van der Waals surface area (Å²) in [5.41, 5.74) is 1.65. The van der Waals surface area contributed by atoms with E-state index in [0.717, 1.165) is 5.56 Å². The molecular formula is C11H10N2O. The SMILES string of the molecule is CC(=C\c1ccccc1)/C(C#N)=N\O. The summed E-state index contributed by atoms with van der Waals surface area (Å²) in [6.45, 7) is 1.73. The third-order valence-electron chi connectivity index (χ3n) is 1.76. The highest BCUT2D eigenvalue weighted by molar-refractivity contribution is 6.13. The molecular weight excluding hydrogens is 176 g/mol. The van der Waals surface area contributed by atoms with Crippen molar-refractivity contribution in [3.63, 3.8) is 0 Å². The van der Waals surface area contributed by atoms with Gasteiger partial charge in [0.05, 0.1) is 0 Å². The van der Waals surface area contributed by atoms with Crippen molar-refractivity contribution in [3.05, 3.63) is 41.5 Å². The van der Waals surface area contributed by atoms with Gasteiger partial charge in [0, 0.05) is 0 Å². The van der Waals surface area contributed by atoms with Crippen molar-refractivity contribution in [2.24, 2.45) is 5.16 Å². The Balaban J connectivity index is 2.96. The quantitative estimate of drug-likeness (QED) is 0.438. The molecule has 3 heteroatoms. The lowest BCUT2D eigenvalue weighted by atomic mass is 10.1. The number of allylic oxidation sites excluding steroid dienone is 1. The molecule has 1 aromatic carbocycles. The van der Waals surface area contributed by atoms with Crippen molar-refractivity contribution < 1.29 is 5.21 Å². The van der Waals surface area contributed by atoms with Gasteiger partial charge in [-0.25, -0.2) is 0 Å². The Hall–Kier alpha value is -2.08. The van der Waals surface area contributed by atoms with Crippen LogP contribution in [0.4, 0.5) is 0 Å². The zero-order chi connectivity index (χ0) is 10.4. The van der Waals surface area contributed by atoms with Crippen LogP contribution >= 0.6 is 0 Å². The van der Waals surface area contributed by atoms with Gasteiger partial charge in [0.1, 0.15) is 6.07 Å². The van der Waals surface area contributed by atoms with Gasteiger partial charge in [0.25, 0.3) is 0 Å². The Morgan fingerprint density at radius 1 is 1.43 bits per heavy atom. The van der Waals surface area contributed by atoms with E-state index in [4.69, 9.17) is 10.5 Å². The van der Waals surface area contributed by atoms with Crippen molar-refractivity contribution >= 4 is 11.8 Å². The molecule has 0 aliphatic heterocycles. The number of hydrogen-bond donors (Lipinski definition) is 1. The molecule has 0 spiro atoms. The lowest BCUT2D eigenvalue weighted by molar-refractivity contribution is 0.320. The second-order valence-electron chi connectivity index (χ2n) is 2.80. The third kappa shape index (κ3) is 2.46. The fourth-order valence-electron chi connectivity index (χ4n) is 1.06. The second-order valence-corrected chi connectivity index (χ2v) is 2.80. The highest BCUT2D eigenvalue weighted by Gasteiger charge is 2.00. The Morgan fingerprint density at radius 2 is 2.07 bits per heavy atom. The molecule has 0 aliphatic rings. The lowest BCUT2D eigenvalue weighted by Gasteiger charge is -1.96. The maximum Gasteiger partial charge on any atom is 0.182 e. The molecule has 0 saturated carbocycles. The summed E-state index contributed by atoms with van der Waals surface area (Å²) in [6.07, 6.45) is 1.79. The van der Waals surface area contributed by atoms with E-state index in [1.165, 1.54) is 0 Å². The van der Waals surface area contributed by atoms with E-state index in [1.54, 1.807) is 19.1 Å². The molecule has 3 nitrogen and oxygen atoms in total. The molecule has 0 radical (unpaired) electrons. The first-order valence-electron chi connectivity index (χ1n) is 4.14. The highest BCUT2D eigenvalue weighted by atomic mass is 16.4. The van der Waals surface area contributed by atoms with E-state index in [-0.39, 0.29) is 5.71 Å². The van der Waals surface area contributed by atoms with Crippen LogP contribution in [0.1, 0.15) is 12.5 Å². The summed E-state index contributed by atoms with van der Waals surface area (Å²) in [5, 5.41) is 20.0. The average Bonchev–Trinajstić information content (AvgIpc) is 2.21. The number of benzene rings is 1. The number of nitrogens with zero attached hydrogens (tertiary/aromatic N) is 2. The second kappa shape index (κ2) is 4.83. The molecule has 1 rings (SSSR count). The van der Waals surface area contributed by atoms with Crippen LogP contribution in [0.25, 0.3) is 6.08 Å². The van der Waals surface area contributed by atoms with Crippen molar-refractivity contribution in [2.75, 3.05) is 0 Å². The number of hydrogen-bond acceptors (Lipinski definition) is 3. The first kappa shape index (κ1) is 10.0. The topological polar surface area (TPSA) is 56.4 Å². The van der Waals surface area contributed by atoms with Crippen LogP contribution < -0.4 is 0 Å². The maximum absolute atomic E-state index is 8.59. The Labute approximate surface area is 82.6 Å². The maximum atomic E-state index is 8.59. The molecule has 0 heterocycles. The minimum atomic E-state index is 0.0360. The molecule has 1 aromatic rings. The molecule has 14 heavy (non-hydrogen) atoms. The zero-order valence-electron chi connectivity index (χ0n) is 7.81. The van der Waals surface area contributed by atoms with E-state index in [2.05, 4.69) is 5.16 Å². The van der Waals surface area contributed by atoms with Crippen molar-refractivity contribution in [1.82, 2.24) is 0 Å². The smallest absolute Gasteiger partial charge is 0.182 e. The summed E-state index contributed by atoms with van der Waals surface area (Å²) in [6, 6.07) is 11.4. The normalized spacial score (nSPS) is 12.3. The highest BCUT2D eigenvalue weighted by Crippen LogP contribution is 2.07. The van der Waals surface area contributed by atoms with E-state index in [0.29, 0.717) is 5.57 Å². The summed E-state index contributed by atoms with van der Waals surface area (Å²) in [7, 11) is 0. The van der Waals surface area contributed by atoms with Crippen LogP contribution in [0, 0.1) is 11.3 Å². The van der Waals surface area contributed by atoms with Crippen molar-refractivity contribution in [2.45, 2.75) is 6.92 Å². The van der Waals surface area contributed by atoms with Gasteiger partial charge < -0.3 is 5.21 Å². The molecule has 0 fully saturated rings. The summed E-state index contributed by atoms with van der Waals surface area (Å²) in [4.78, 5) is 0. The first-order valence-corrected chi connectivity index (χ1v) is 4.14. The monoisotopic (exact) mass is 186 g/mol. The minimum Gasteiger partial charge on any atom is -0.410 e. The van der Waals surface area contributed by atoms with Gasteiger partial charge >= 0.3 is 0 Å². The molecule has 0 aromatic heterocycles. The Morgan fingerprint density at radius 3 is 2.57 bits per heavy atom. The lowest BCUT2D eigenvalue weighted by Crippen LogP contribution is -1.95. The van der Waals surface area contributed by atoms with E-state index >= 15 is 0 Å². The van der Waals surface area contributed by atoms with Gasteiger partial charge in [0.15, 0.2) is 5.71 Å². The number of oxime groups is 1. The summed E-state index contributed by atoms with van der Waals surface area (Å²) in [5.74, 6) is 0. The van der Waals surface area contributed by atoms with Gasteiger partial charge in [-0.2, -0.15) is 5.26 Å². The van der Waals surface area contributed by atoms with Crippen LogP contribution in [-0.2, 0) is 0 Å². The van der Waals surface area contributed by atoms with Gasteiger partial charge in [-0.1, -0.05) is 35.5 Å². The van der Waals surface area contributed by atoms with Crippen molar-refractivity contribution in [1.29, 1.82) is 5.26 Å². The minimum absolute atomic E-state index is 0.0360. The van der Waals surface area contributed by atoms with Crippen LogP contribution in [0.3, 0.4) is 0 Å². The average molecular weight is 186 g/mol. The van der Waals surface area contributed by atoms with E-state index in [1.807, 2.05) is 30.3 Å². The first-order chi connectivity index (χ1) is 6.77. The van der Waals surface area contributed by atoms with Gasteiger partial charge in [-0.3, -0.25) is 0 Å². The predicted octanol–water partition coefficient (Wildman–Crippen LogP) is 2.44. The van der Waals surface area contributed by atoms with Gasteiger partial charge in [-0.15, -0.1) is 0 Å². The fourth-order valence-corrected chi connectivity index (χ4v) is 1.06. The van der Waals surface area contributed by atoms with Crippen LogP contribution in [0.5, 0.6) is 0 Å². The molecule has 0 saturated heterocycles. The molecule has 0 atom stereocenters. The number of nitriles is 1. The predicted molar refractivity (Wildman–Crippen MR) is 54.9 cm³/mol. The molecule has 1 N–H and O–H groups in total. The fraction of sp³-hybridized carbons (Fsp3) is 0.0909. The summed E-state index contributed by atoms with van der Waals surface area (Å²) >= 11 is 0. The van der Waals surface area contributed by atoms with Crippen LogP contribution in [0.2, 0.25) is 0 Å². The molecule has 70 valence electrons. The molecule has 0 aliphatic carbocycles. The zero-order valence-corrected chi connectivity index (χ0v) is 7.81. The van der Waals surface area contributed by atoms with E-state index in [9.17, 15) is 0 Å². The largest absolute Gasteiger partial charge is 0.410 e. The molecule has 0 bridgehead atoms. The molecule has 0 amide bonds.